The zero-order valence-corrected chi connectivity index (χ0v) is 25.7. The maximum Gasteiger partial charge on any atom is 0.0447 e. The van der Waals surface area contributed by atoms with Crippen molar-refractivity contribution < 1.29 is 0 Å². The second-order valence-corrected chi connectivity index (χ2v) is 13.7. The lowest BCUT2D eigenvalue weighted by molar-refractivity contribution is 0.856. The van der Waals surface area contributed by atoms with E-state index in [1.807, 2.05) is 22.7 Å². The molecular formula is C42H28S2. The molecule has 1 aliphatic rings. The van der Waals surface area contributed by atoms with E-state index in [9.17, 15) is 0 Å². The molecule has 8 aromatic rings. The van der Waals surface area contributed by atoms with Crippen LogP contribution in [-0.4, -0.2) is 0 Å². The summed E-state index contributed by atoms with van der Waals surface area (Å²) >= 11 is 3.89. The van der Waals surface area contributed by atoms with Gasteiger partial charge in [0.05, 0.1) is 0 Å². The van der Waals surface area contributed by atoms with Crippen LogP contribution >= 0.6 is 22.7 Å². The predicted molar refractivity (Wildman–Crippen MR) is 194 cm³/mol. The molecule has 0 nitrogen and oxygen atoms in total. The van der Waals surface area contributed by atoms with Crippen LogP contribution < -0.4 is 0 Å². The van der Waals surface area contributed by atoms with E-state index in [1.165, 1.54) is 79.3 Å². The Morgan fingerprint density at radius 3 is 1.59 bits per heavy atom. The molecule has 0 saturated heterocycles. The highest BCUT2D eigenvalue weighted by atomic mass is 32.1. The van der Waals surface area contributed by atoms with E-state index in [1.54, 1.807) is 0 Å². The Morgan fingerprint density at radius 2 is 1.02 bits per heavy atom. The molecule has 2 heteroatoms. The van der Waals surface area contributed by atoms with Crippen molar-refractivity contribution in [3.05, 3.63) is 157 Å². The van der Waals surface area contributed by atoms with Gasteiger partial charge < -0.3 is 0 Å². The molecule has 2 heterocycles. The first kappa shape index (κ1) is 25.7. The van der Waals surface area contributed by atoms with E-state index in [0.29, 0.717) is 5.92 Å². The van der Waals surface area contributed by atoms with Gasteiger partial charge in [-0.1, -0.05) is 127 Å². The van der Waals surface area contributed by atoms with E-state index in [4.69, 9.17) is 0 Å². The SMILES string of the molecule is C1=CCC(c2ccc3sc4c(-c5ccccc5)c(-c5ccccc5)c5sc6ccc(-c7ccccc7)cc6c5c4c3c2)C=C1. The van der Waals surface area contributed by atoms with E-state index in [2.05, 4.69) is 152 Å². The zero-order chi connectivity index (χ0) is 29.0. The number of benzene rings is 6. The highest BCUT2D eigenvalue weighted by molar-refractivity contribution is 7.29. The van der Waals surface area contributed by atoms with Gasteiger partial charge in [-0.2, -0.15) is 0 Å². The molecule has 1 unspecified atom stereocenters. The molecule has 0 saturated carbocycles. The summed E-state index contributed by atoms with van der Waals surface area (Å²) in [5.41, 5.74) is 9.14. The largest absolute Gasteiger partial charge is 0.134 e. The molecule has 9 rings (SSSR count). The van der Waals surface area contributed by atoms with Crippen molar-refractivity contribution in [3.8, 4) is 33.4 Å². The summed E-state index contributed by atoms with van der Waals surface area (Å²) in [6.07, 6.45) is 10.0. The number of rotatable bonds is 4. The van der Waals surface area contributed by atoms with Crippen LogP contribution in [0.3, 0.4) is 0 Å². The zero-order valence-electron chi connectivity index (χ0n) is 24.0. The first-order valence-electron chi connectivity index (χ1n) is 15.2. The van der Waals surface area contributed by atoms with Crippen molar-refractivity contribution in [2.24, 2.45) is 0 Å². The quantitative estimate of drug-likeness (QED) is 0.190. The molecule has 0 radical (unpaired) electrons. The van der Waals surface area contributed by atoms with Crippen LogP contribution in [0.5, 0.6) is 0 Å². The van der Waals surface area contributed by atoms with Crippen LogP contribution in [0.2, 0.25) is 0 Å². The fourth-order valence-corrected chi connectivity index (χ4v) is 9.44. The van der Waals surface area contributed by atoms with Crippen LogP contribution in [0.4, 0.5) is 0 Å². The lowest BCUT2D eigenvalue weighted by Gasteiger charge is -2.15. The van der Waals surface area contributed by atoms with E-state index in [-0.39, 0.29) is 0 Å². The lowest BCUT2D eigenvalue weighted by atomic mass is 9.88. The maximum absolute atomic E-state index is 2.49. The lowest BCUT2D eigenvalue weighted by Crippen LogP contribution is -1.95. The predicted octanol–water partition coefficient (Wildman–Crippen LogP) is 13.0. The fourth-order valence-electron chi connectivity index (χ4n) is 6.92. The Kier molecular flexibility index (Phi) is 6.11. The van der Waals surface area contributed by atoms with Crippen LogP contribution in [0.1, 0.15) is 17.9 Å². The highest BCUT2D eigenvalue weighted by Gasteiger charge is 2.25. The Hall–Kier alpha value is -4.76. The summed E-state index contributed by atoms with van der Waals surface area (Å²) in [6.45, 7) is 0. The van der Waals surface area contributed by atoms with Gasteiger partial charge in [0.1, 0.15) is 0 Å². The van der Waals surface area contributed by atoms with Crippen molar-refractivity contribution in [2.75, 3.05) is 0 Å². The first-order valence-corrected chi connectivity index (χ1v) is 16.8. The van der Waals surface area contributed by atoms with Crippen molar-refractivity contribution >= 4 is 63.0 Å². The summed E-state index contributed by atoms with van der Waals surface area (Å²) in [5.74, 6) is 0.413. The average Bonchev–Trinajstić information content (AvgIpc) is 3.67. The van der Waals surface area contributed by atoms with Gasteiger partial charge in [-0.3, -0.25) is 0 Å². The van der Waals surface area contributed by atoms with Crippen molar-refractivity contribution in [3.63, 3.8) is 0 Å². The molecule has 2 aromatic heterocycles. The number of hydrogen-bond donors (Lipinski definition) is 0. The monoisotopic (exact) mass is 596 g/mol. The average molecular weight is 597 g/mol. The van der Waals surface area contributed by atoms with Crippen LogP contribution in [-0.2, 0) is 0 Å². The standard InChI is InChI=1S/C42H28S2/c1-5-13-27(14-6-1)31-21-23-35-33(25-31)39-40-34-26-32(28-15-7-2-8-16-28)22-24-36(34)44-42(40)38(30-19-11-4-12-20-30)37(41(39)43-35)29-17-9-3-10-18-29/h1-15,17-26,28H,16H2. The van der Waals surface area contributed by atoms with E-state index in [0.717, 1.165) is 6.42 Å². The fraction of sp³-hybridized carbons (Fsp3) is 0.0476. The minimum Gasteiger partial charge on any atom is -0.134 e. The Bertz CT molecular complexity index is 2390. The Morgan fingerprint density at radius 1 is 0.477 bits per heavy atom. The number of fused-ring (bicyclic) bond motifs is 7. The van der Waals surface area contributed by atoms with Crippen LogP contribution in [0, 0.1) is 0 Å². The van der Waals surface area contributed by atoms with Gasteiger partial charge in [0.2, 0.25) is 0 Å². The van der Waals surface area contributed by atoms with Gasteiger partial charge in [-0.25, -0.2) is 0 Å². The molecule has 0 spiro atoms. The third-order valence-electron chi connectivity index (χ3n) is 8.99. The summed E-state index contributed by atoms with van der Waals surface area (Å²) in [4.78, 5) is 0. The molecular weight excluding hydrogens is 569 g/mol. The van der Waals surface area contributed by atoms with Gasteiger partial charge in [0, 0.05) is 57.4 Å². The molecule has 6 aromatic carbocycles. The molecule has 0 fully saturated rings. The van der Waals surface area contributed by atoms with Crippen molar-refractivity contribution in [1.29, 1.82) is 0 Å². The smallest absolute Gasteiger partial charge is 0.0447 e. The van der Waals surface area contributed by atoms with E-state index < -0.39 is 0 Å². The topological polar surface area (TPSA) is 0 Å². The van der Waals surface area contributed by atoms with Crippen molar-refractivity contribution in [2.45, 2.75) is 12.3 Å². The van der Waals surface area contributed by atoms with Gasteiger partial charge in [0.15, 0.2) is 0 Å². The number of allylic oxidation sites excluding steroid dienone is 4. The normalized spacial score (nSPS) is 14.8. The van der Waals surface area contributed by atoms with Crippen molar-refractivity contribution in [1.82, 2.24) is 0 Å². The molecule has 1 atom stereocenters. The van der Waals surface area contributed by atoms with Gasteiger partial charge >= 0.3 is 0 Å². The van der Waals surface area contributed by atoms with Gasteiger partial charge in [-0.15, -0.1) is 22.7 Å². The highest BCUT2D eigenvalue weighted by Crippen LogP contribution is 2.54. The molecule has 0 aliphatic heterocycles. The molecule has 1 aliphatic carbocycles. The first-order chi connectivity index (χ1) is 21.8. The van der Waals surface area contributed by atoms with Crippen LogP contribution in [0.25, 0.3) is 73.7 Å². The molecule has 0 bridgehead atoms. The second-order valence-electron chi connectivity index (χ2n) is 11.6. The minimum atomic E-state index is 0.413. The van der Waals surface area contributed by atoms with Gasteiger partial charge in [-0.05, 0) is 58.5 Å². The summed E-state index contributed by atoms with van der Waals surface area (Å²) in [7, 11) is 0. The second kappa shape index (κ2) is 10.4. The Labute approximate surface area is 264 Å². The Balaban J connectivity index is 1.48. The third kappa shape index (κ3) is 4.10. The third-order valence-corrected chi connectivity index (χ3v) is 11.4. The summed E-state index contributed by atoms with van der Waals surface area (Å²) in [5, 5.41) is 5.50. The summed E-state index contributed by atoms with van der Waals surface area (Å²) in [6, 6.07) is 47.1. The minimum absolute atomic E-state index is 0.413. The maximum atomic E-state index is 2.49. The number of thiophene rings is 2. The molecule has 0 amide bonds. The molecule has 0 N–H and O–H groups in total. The van der Waals surface area contributed by atoms with E-state index >= 15 is 0 Å². The molecule has 208 valence electrons. The molecule has 44 heavy (non-hydrogen) atoms. The number of hydrogen-bond acceptors (Lipinski definition) is 2. The van der Waals surface area contributed by atoms with Gasteiger partial charge in [0.25, 0.3) is 0 Å². The van der Waals surface area contributed by atoms with Crippen LogP contribution in [0.15, 0.2) is 152 Å². The summed E-state index contributed by atoms with van der Waals surface area (Å²) < 4.78 is 5.42.